The van der Waals surface area contributed by atoms with Crippen molar-refractivity contribution in [3.63, 3.8) is 0 Å². The van der Waals surface area contributed by atoms with E-state index < -0.39 is 0 Å². The monoisotopic (exact) mass is 296 g/mol. The number of carbonyl (C=O) groups is 2. The van der Waals surface area contributed by atoms with E-state index in [0.29, 0.717) is 25.1 Å². The van der Waals surface area contributed by atoms with Crippen molar-refractivity contribution in [3.8, 4) is 0 Å². The van der Waals surface area contributed by atoms with Crippen molar-refractivity contribution in [1.29, 1.82) is 0 Å². The number of pyridine rings is 1. The van der Waals surface area contributed by atoms with Crippen LogP contribution < -0.4 is 5.43 Å². The van der Waals surface area contributed by atoms with Gasteiger partial charge in [0.05, 0.1) is 5.52 Å². The lowest BCUT2D eigenvalue weighted by Gasteiger charge is -2.20. The summed E-state index contributed by atoms with van der Waals surface area (Å²) in [7, 11) is 1.72. The van der Waals surface area contributed by atoms with Crippen molar-refractivity contribution in [2.24, 2.45) is 5.10 Å². The molecule has 0 unspecified atom stereocenters. The first kappa shape index (κ1) is 14.2. The topological polar surface area (TPSA) is 74.7 Å². The smallest absolute Gasteiger partial charge is 0.270 e. The maximum absolute atomic E-state index is 12.3. The zero-order chi connectivity index (χ0) is 15.5. The zero-order valence-corrected chi connectivity index (χ0v) is 12.2. The van der Waals surface area contributed by atoms with Crippen LogP contribution in [0.25, 0.3) is 10.9 Å². The number of rotatable bonds is 3. The van der Waals surface area contributed by atoms with Gasteiger partial charge in [-0.15, -0.1) is 0 Å². The van der Waals surface area contributed by atoms with Crippen LogP contribution in [0, 0.1) is 0 Å². The molecule has 6 heteroatoms. The number of nitrogens with one attached hydrogen (secondary N) is 1. The Kier molecular flexibility index (Phi) is 3.82. The van der Waals surface area contributed by atoms with Crippen LogP contribution >= 0.6 is 0 Å². The lowest BCUT2D eigenvalue weighted by Crippen LogP contribution is -2.37. The highest BCUT2D eigenvalue weighted by molar-refractivity contribution is 6.39. The van der Waals surface area contributed by atoms with Crippen LogP contribution in [0.15, 0.2) is 41.6 Å². The van der Waals surface area contributed by atoms with E-state index in [-0.39, 0.29) is 11.8 Å². The molecule has 0 radical (unpaired) electrons. The SMILES string of the molecule is CN(Cc1cnc2ccccc2c1)C(=O)C1=NNC(=O)CC1. The molecular weight excluding hydrogens is 280 g/mol. The molecule has 2 heterocycles. The largest absolute Gasteiger partial charge is 0.336 e. The molecule has 112 valence electrons. The molecule has 1 aromatic carbocycles. The Labute approximate surface area is 127 Å². The Morgan fingerprint density at radius 1 is 1.32 bits per heavy atom. The Hall–Kier alpha value is -2.76. The highest BCUT2D eigenvalue weighted by Crippen LogP contribution is 2.14. The van der Waals surface area contributed by atoms with Gasteiger partial charge in [-0.05, 0) is 17.7 Å². The summed E-state index contributed by atoms with van der Waals surface area (Å²) >= 11 is 0. The molecule has 0 saturated carbocycles. The van der Waals surface area contributed by atoms with Crippen molar-refractivity contribution in [2.75, 3.05) is 7.05 Å². The lowest BCUT2D eigenvalue weighted by atomic mass is 10.1. The summed E-state index contributed by atoms with van der Waals surface area (Å²) in [4.78, 5) is 29.3. The third-order valence-electron chi connectivity index (χ3n) is 3.56. The van der Waals surface area contributed by atoms with Gasteiger partial charge in [-0.3, -0.25) is 14.6 Å². The molecule has 1 aliphatic heterocycles. The summed E-state index contributed by atoms with van der Waals surface area (Å²) in [6, 6.07) is 9.88. The fourth-order valence-electron chi connectivity index (χ4n) is 2.40. The second-order valence-corrected chi connectivity index (χ2v) is 5.29. The zero-order valence-electron chi connectivity index (χ0n) is 12.2. The number of carbonyl (C=O) groups excluding carboxylic acids is 2. The number of aromatic nitrogens is 1. The normalized spacial score (nSPS) is 14.4. The number of fused-ring (bicyclic) bond motifs is 1. The van der Waals surface area contributed by atoms with Crippen LogP contribution in [0.2, 0.25) is 0 Å². The van der Waals surface area contributed by atoms with Crippen molar-refractivity contribution in [1.82, 2.24) is 15.3 Å². The second kappa shape index (κ2) is 5.93. The van der Waals surface area contributed by atoms with E-state index >= 15 is 0 Å². The van der Waals surface area contributed by atoms with Gasteiger partial charge in [0.1, 0.15) is 5.71 Å². The van der Waals surface area contributed by atoms with Crippen molar-refractivity contribution in [3.05, 3.63) is 42.1 Å². The highest BCUT2D eigenvalue weighted by atomic mass is 16.2. The van der Waals surface area contributed by atoms with Gasteiger partial charge in [0.25, 0.3) is 5.91 Å². The number of hydrogen-bond donors (Lipinski definition) is 1. The summed E-state index contributed by atoms with van der Waals surface area (Å²) < 4.78 is 0. The van der Waals surface area contributed by atoms with Gasteiger partial charge in [0, 0.05) is 38.0 Å². The molecule has 6 nitrogen and oxygen atoms in total. The van der Waals surface area contributed by atoms with E-state index in [9.17, 15) is 9.59 Å². The number of hydrazone groups is 1. The van der Waals surface area contributed by atoms with Crippen LogP contribution in [0.5, 0.6) is 0 Å². The molecule has 2 amide bonds. The molecule has 0 fully saturated rings. The molecule has 0 aliphatic carbocycles. The van der Waals surface area contributed by atoms with Crippen molar-refractivity contribution < 1.29 is 9.59 Å². The highest BCUT2D eigenvalue weighted by Gasteiger charge is 2.21. The van der Waals surface area contributed by atoms with Gasteiger partial charge in [0.15, 0.2) is 0 Å². The molecule has 22 heavy (non-hydrogen) atoms. The maximum Gasteiger partial charge on any atom is 0.270 e. The third kappa shape index (κ3) is 2.95. The number of hydrogen-bond acceptors (Lipinski definition) is 4. The van der Waals surface area contributed by atoms with Crippen LogP contribution in [0.4, 0.5) is 0 Å². The summed E-state index contributed by atoms with van der Waals surface area (Å²) in [5, 5.41) is 4.88. The van der Waals surface area contributed by atoms with E-state index in [1.54, 1.807) is 18.1 Å². The summed E-state index contributed by atoms with van der Waals surface area (Å²) in [5.74, 6) is -0.328. The van der Waals surface area contributed by atoms with Crippen LogP contribution in [0.1, 0.15) is 18.4 Å². The molecule has 0 atom stereocenters. The third-order valence-corrected chi connectivity index (χ3v) is 3.56. The van der Waals surface area contributed by atoms with Gasteiger partial charge in [-0.25, -0.2) is 5.43 Å². The predicted octanol–water partition coefficient (Wildman–Crippen LogP) is 1.46. The van der Waals surface area contributed by atoms with Crippen LogP contribution in [-0.4, -0.2) is 34.5 Å². The maximum atomic E-state index is 12.3. The Balaban J connectivity index is 1.73. The first-order valence-electron chi connectivity index (χ1n) is 7.08. The molecule has 0 spiro atoms. The fourth-order valence-corrected chi connectivity index (χ4v) is 2.40. The van der Waals surface area contributed by atoms with E-state index in [1.165, 1.54) is 0 Å². The minimum Gasteiger partial charge on any atom is -0.336 e. The molecule has 0 bridgehead atoms. The van der Waals surface area contributed by atoms with Gasteiger partial charge >= 0.3 is 0 Å². The fraction of sp³-hybridized carbons (Fsp3) is 0.250. The molecular formula is C16H16N4O2. The van der Waals surface area contributed by atoms with Gasteiger partial charge < -0.3 is 4.90 Å². The van der Waals surface area contributed by atoms with E-state index in [2.05, 4.69) is 15.5 Å². The van der Waals surface area contributed by atoms with Gasteiger partial charge in [-0.2, -0.15) is 5.10 Å². The molecule has 1 aromatic heterocycles. The molecule has 2 aromatic rings. The van der Waals surface area contributed by atoms with E-state index in [4.69, 9.17) is 0 Å². The van der Waals surface area contributed by atoms with Gasteiger partial charge in [-0.1, -0.05) is 18.2 Å². The van der Waals surface area contributed by atoms with Crippen LogP contribution in [-0.2, 0) is 16.1 Å². The first-order valence-corrected chi connectivity index (χ1v) is 7.08. The standard InChI is InChI=1S/C16H16N4O2/c1-20(16(22)14-6-7-15(21)19-18-14)10-11-8-12-4-2-3-5-13(12)17-9-11/h2-5,8-9H,6-7,10H2,1H3,(H,19,21). The number of benzene rings is 1. The van der Waals surface area contributed by atoms with Crippen LogP contribution in [0.3, 0.4) is 0 Å². The Morgan fingerprint density at radius 3 is 2.91 bits per heavy atom. The summed E-state index contributed by atoms with van der Waals surface area (Å²) in [5.41, 5.74) is 4.61. The number of nitrogens with zero attached hydrogens (tertiary/aromatic N) is 3. The van der Waals surface area contributed by atoms with Gasteiger partial charge in [0.2, 0.25) is 5.91 Å². The number of para-hydroxylation sites is 1. The minimum atomic E-state index is -0.173. The average molecular weight is 296 g/mol. The Bertz CT molecular complexity index is 770. The quantitative estimate of drug-likeness (QED) is 0.931. The average Bonchev–Trinajstić information content (AvgIpc) is 2.55. The van der Waals surface area contributed by atoms with Crippen molar-refractivity contribution in [2.45, 2.75) is 19.4 Å². The first-order chi connectivity index (χ1) is 10.6. The van der Waals surface area contributed by atoms with E-state index in [1.807, 2.05) is 30.3 Å². The molecule has 1 N–H and O–H groups in total. The number of amides is 2. The van der Waals surface area contributed by atoms with E-state index in [0.717, 1.165) is 16.5 Å². The molecule has 1 aliphatic rings. The predicted molar refractivity (Wildman–Crippen MR) is 83.0 cm³/mol. The minimum absolute atomic E-state index is 0.155. The van der Waals surface area contributed by atoms with Crippen molar-refractivity contribution >= 4 is 28.4 Å². The lowest BCUT2D eigenvalue weighted by molar-refractivity contribution is -0.124. The second-order valence-electron chi connectivity index (χ2n) is 5.29. The Morgan fingerprint density at radius 2 is 2.14 bits per heavy atom. The molecule has 0 saturated heterocycles. The summed E-state index contributed by atoms with van der Waals surface area (Å²) in [6.45, 7) is 0.448. The molecule has 3 rings (SSSR count). The summed E-state index contributed by atoms with van der Waals surface area (Å²) in [6.07, 6.45) is 2.46.